The van der Waals surface area contributed by atoms with Crippen LogP contribution in [0, 0.1) is 0 Å². The van der Waals surface area contributed by atoms with Gasteiger partial charge in [0.05, 0.1) is 6.54 Å². The van der Waals surface area contributed by atoms with Crippen LogP contribution in [-0.2, 0) is 11.3 Å². The predicted molar refractivity (Wildman–Crippen MR) is 81.7 cm³/mol. The van der Waals surface area contributed by atoms with E-state index in [0.29, 0.717) is 16.6 Å². The Morgan fingerprint density at radius 1 is 1.32 bits per heavy atom. The lowest BCUT2D eigenvalue weighted by atomic mass is 10.2. The van der Waals surface area contributed by atoms with Crippen molar-refractivity contribution < 1.29 is 4.79 Å². The smallest absolute Gasteiger partial charge is 0.244 e. The molecule has 98 valence electrons. The molecule has 0 aliphatic heterocycles. The van der Waals surface area contributed by atoms with Crippen LogP contribution in [-0.4, -0.2) is 5.91 Å². The third kappa shape index (κ3) is 4.39. The largest absolute Gasteiger partial charge is 0.348 e. The van der Waals surface area contributed by atoms with Gasteiger partial charge in [-0.2, -0.15) is 0 Å². The molecule has 0 fully saturated rings. The molecule has 1 aromatic heterocycles. The van der Waals surface area contributed by atoms with Gasteiger partial charge in [0.25, 0.3) is 0 Å². The summed E-state index contributed by atoms with van der Waals surface area (Å²) in [6.45, 7) is 0.537. The molecule has 0 saturated heterocycles. The first-order valence-electron chi connectivity index (χ1n) is 5.58. The van der Waals surface area contributed by atoms with Crippen LogP contribution in [0.25, 0.3) is 6.08 Å². The molecule has 1 aromatic carbocycles. The summed E-state index contributed by atoms with van der Waals surface area (Å²) in [6.07, 6.45) is 3.13. The lowest BCUT2D eigenvalue weighted by molar-refractivity contribution is -0.116. The Kier molecular flexibility index (Phi) is 5.02. The first kappa shape index (κ1) is 14.1. The van der Waals surface area contributed by atoms with Crippen molar-refractivity contribution in [2.75, 3.05) is 0 Å². The van der Waals surface area contributed by atoms with Crippen molar-refractivity contribution in [2.24, 2.45) is 0 Å². The molecule has 0 radical (unpaired) electrons. The summed E-state index contributed by atoms with van der Waals surface area (Å²) in [4.78, 5) is 12.7. The summed E-state index contributed by atoms with van der Waals surface area (Å²) in [6, 6.07) is 9.08. The number of rotatable bonds is 4. The van der Waals surface area contributed by atoms with E-state index >= 15 is 0 Å². The molecular formula is C14H11Cl2NOS. The summed E-state index contributed by atoms with van der Waals surface area (Å²) in [5.41, 5.74) is 0.761. The van der Waals surface area contributed by atoms with Crippen molar-refractivity contribution in [3.05, 3.63) is 62.3 Å². The third-order valence-corrected chi connectivity index (χ3v) is 3.83. The van der Waals surface area contributed by atoms with Crippen LogP contribution < -0.4 is 5.32 Å². The number of thiophene rings is 1. The molecule has 1 amide bonds. The highest BCUT2D eigenvalue weighted by atomic mass is 35.5. The highest BCUT2D eigenvalue weighted by Crippen LogP contribution is 2.21. The minimum Gasteiger partial charge on any atom is -0.348 e. The standard InChI is InChI=1S/C14H11Cl2NOS/c15-11-5-3-10(13(16)8-11)4-6-14(18)17-9-12-2-1-7-19-12/h1-8H,9H2,(H,17,18). The molecule has 2 aromatic rings. The average molecular weight is 312 g/mol. The first-order chi connectivity index (χ1) is 9.15. The SMILES string of the molecule is O=C(C=Cc1ccc(Cl)cc1Cl)NCc1cccs1. The van der Waals surface area contributed by atoms with E-state index in [4.69, 9.17) is 23.2 Å². The normalized spacial score (nSPS) is 10.8. The fourth-order valence-corrected chi connectivity index (χ4v) is 2.56. The van der Waals surface area contributed by atoms with E-state index in [9.17, 15) is 4.79 Å². The predicted octanol–water partition coefficient (Wildman–Crippen LogP) is 4.38. The lowest BCUT2D eigenvalue weighted by Crippen LogP contribution is -2.19. The molecule has 0 aliphatic rings. The zero-order valence-electron chi connectivity index (χ0n) is 9.90. The molecule has 0 saturated carbocycles. The van der Waals surface area contributed by atoms with Crippen LogP contribution in [0.3, 0.4) is 0 Å². The number of hydrogen-bond acceptors (Lipinski definition) is 2. The number of carbonyl (C=O) groups is 1. The average Bonchev–Trinajstić information content (AvgIpc) is 2.88. The topological polar surface area (TPSA) is 29.1 Å². The highest BCUT2D eigenvalue weighted by molar-refractivity contribution is 7.09. The van der Waals surface area contributed by atoms with Crippen LogP contribution in [0.2, 0.25) is 10.0 Å². The molecule has 5 heteroatoms. The Bertz CT molecular complexity index is 593. The van der Waals surface area contributed by atoms with Gasteiger partial charge in [0.2, 0.25) is 5.91 Å². The first-order valence-corrected chi connectivity index (χ1v) is 7.22. The number of benzene rings is 1. The maximum absolute atomic E-state index is 11.6. The number of hydrogen-bond donors (Lipinski definition) is 1. The molecule has 0 unspecified atom stereocenters. The van der Waals surface area contributed by atoms with E-state index in [-0.39, 0.29) is 5.91 Å². The maximum atomic E-state index is 11.6. The fourth-order valence-electron chi connectivity index (χ4n) is 1.45. The quantitative estimate of drug-likeness (QED) is 0.834. The Balaban J connectivity index is 1.92. The van der Waals surface area contributed by atoms with Gasteiger partial charge in [-0.05, 0) is 35.2 Å². The molecule has 0 atom stereocenters. The molecule has 1 heterocycles. The van der Waals surface area contributed by atoms with Crippen molar-refractivity contribution in [3.63, 3.8) is 0 Å². The van der Waals surface area contributed by atoms with Crippen molar-refractivity contribution in [1.82, 2.24) is 5.32 Å². The van der Waals surface area contributed by atoms with Gasteiger partial charge >= 0.3 is 0 Å². The summed E-state index contributed by atoms with van der Waals surface area (Å²) in [5.74, 6) is -0.153. The maximum Gasteiger partial charge on any atom is 0.244 e. The second-order valence-corrected chi connectivity index (χ2v) is 5.67. The van der Waals surface area contributed by atoms with Gasteiger partial charge in [-0.1, -0.05) is 35.3 Å². The summed E-state index contributed by atoms with van der Waals surface area (Å²) in [7, 11) is 0. The number of carbonyl (C=O) groups excluding carboxylic acids is 1. The number of nitrogens with one attached hydrogen (secondary N) is 1. The monoisotopic (exact) mass is 311 g/mol. The van der Waals surface area contributed by atoms with E-state index in [1.165, 1.54) is 6.08 Å². The molecule has 0 spiro atoms. The van der Waals surface area contributed by atoms with Gasteiger partial charge in [-0.15, -0.1) is 11.3 Å². The van der Waals surface area contributed by atoms with Crippen LogP contribution >= 0.6 is 34.5 Å². The van der Waals surface area contributed by atoms with E-state index < -0.39 is 0 Å². The summed E-state index contributed by atoms with van der Waals surface area (Å²) >= 11 is 13.4. The zero-order chi connectivity index (χ0) is 13.7. The van der Waals surface area contributed by atoms with Gasteiger partial charge in [-0.3, -0.25) is 4.79 Å². The van der Waals surface area contributed by atoms with E-state index in [1.54, 1.807) is 35.6 Å². The van der Waals surface area contributed by atoms with E-state index in [1.807, 2.05) is 17.5 Å². The fraction of sp³-hybridized carbons (Fsp3) is 0.0714. The minimum atomic E-state index is -0.153. The third-order valence-electron chi connectivity index (χ3n) is 2.39. The molecule has 0 aliphatic carbocycles. The van der Waals surface area contributed by atoms with Gasteiger partial charge in [-0.25, -0.2) is 0 Å². The van der Waals surface area contributed by atoms with E-state index in [0.717, 1.165) is 10.4 Å². The van der Waals surface area contributed by atoms with Crippen molar-refractivity contribution in [2.45, 2.75) is 6.54 Å². The van der Waals surface area contributed by atoms with Gasteiger partial charge < -0.3 is 5.32 Å². The summed E-state index contributed by atoms with van der Waals surface area (Å²) in [5, 5.41) is 5.88. The molecule has 1 N–H and O–H groups in total. The van der Waals surface area contributed by atoms with Gasteiger partial charge in [0.15, 0.2) is 0 Å². The van der Waals surface area contributed by atoms with E-state index in [2.05, 4.69) is 5.32 Å². The number of amides is 1. The zero-order valence-corrected chi connectivity index (χ0v) is 12.2. The molecule has 19 heavy (non-hydrogen) atoms. The molecule has 2 rings (SSSR count). The van der Waals surface area contributed by atoms with Crippen LogP contribution in [0.1, 0.15) is 10.4 Å². The second kappa shape index (κ2) is 6.75. The van der Waals surface area contributed by atoms with Crippen molar-refractivity contribution in [3.8, 4) is 0 Å². The lowest BCUT2D eigenvalue weighted by Gasteiger charge is -2.00. The molecule has 2 nitrogen and oxygen atoms in total. The van der Waals surface area contributed by atoms with Gasteiger partial charge in [0.1, 0.15) is 0 Å². The Morgan fingerprint density at radius 2 is 2.16 bits per heavy atom. The number of halogens is 2. The van der Waals surface area contributed by atoms with Crippen LogP contribution in [0.15, 0.2) is 41.8 Å². The second-order valence-electron chi connectivity index (χ2n) is 3.80. The molecular weight excluding hydrogens is 301 g/mol. The van der Waals surface area contributed by atoms with Crippen molar-refractivity contribution >= 4 is 46.5 Å². The van der Waals surface area contributed by atoms with Crippen LogP contribution in [0.5, 0.6) is 0 Å². The Hall–Kier alpha value is -1.29. The summed E-state index contributed by atoms with van der Waals surface area (Å²) < 4.78 is 0. The Morgan fingerprint density at radius 3 is 2.84 bits per heavy atom. The van der Waals surface area contributed by atoms with Gasteiger partial charge in [0, 0.05) is 21.0 Å². The minimum absolute atomic E-state index is 0.153. The van der Waals surface area contributed by atoms with Crippen LogP contribution in [0.4, 0.5) is 0 Å². The molecule has 0 bridgehead atoms. The highest BCUT2D eigenvalue weighted by Gasteiger charge is 2.00. The Labute approximate surface area is 125 Å². The van der Waals surface area contributed by atoms with Crippen molar-refractivity contribution in [1.29, 1.82) is 0 Å².